The van der Waals surface area contributed by atoms with Gasteiger partial charge >= 0.3 is 0 Å². The van der Waals surface area contributed by atoms with E-state index in [1.165, 1.54) is 60.9 Å². The lowest BCUT2D eigenvalue weighted by Crippen LogP contribution is -1.92. The van der Waals surface area contributed by atoms with Crippen molar-refractivity contribution in [2.75, 3.05) is 0 Å². The molecule has 1 aliphatic carbocycles. The Morgan fingerprint density at radius 2 is 1.26 bits per heavy atom. The van der Waals surface area contributed by atoms with E-state index in [-0.39, 0.29) is 0 Å². The van der Waals surface area contributed by atoms with Gasteiger partial charge in [0.15, 0.2) is 0 Å². The second-order valence-corrected chi connectivity index (χ2v) is 7.61. The predicted octanol–water partition coefficient (Wildman–Crippen LogP) is 7.42. The highest BCUT2D eigenvalue weighted by Crippen LogP contribution is 2.46. The number of aryl methyl sites for hydroxylation is 2. The molecule has 0 N–H and O–H groups in total. The van der Waals surface area contributed by atoms with Crippen molar-refractivity contribution in [1.29, 1.82) is 0 Å². The van der Waals surface area contributed by atoms with E-state index < -0.39 is 0 Å². The molecule has 1 aliphatic rings. The van der Waals surface area contributed by atoms with Gasteiger partial charge in [-0.25, -0.2) is 0 Å². The van der Waals surface area contributed by atoms with Crippen molar-refractivity contribution in [3.63, 3.8) is 0 Å². The fourth-order valence-corrected chi connectivity index (χ4v) is 4.44. The van der Waals surface area contributed by atoms with Gasteiger partial charge in [0, 0.05) is 0 Å². The van der Waals surface area contributed by atoms with Gasteiger partial charge in [0.1, 0.15) is 0 Å². The van der Waals surface area contributed by atoms with Gasteiger partial charge < -0.3 is 0 Å². The van der Waals surface area contributed by atoms with Crippen LogP contribution < -0.4 is 0 Å². The summed E-state index contributed by atoms with van der Waals surface area (Å²) >= 11 is 0. The molecule has 0 bridgehead atoms. The minimum absolute atomic E-state index is 1.28. The third kappa shape index (κ3) is 2.44. The van der Waals surface area contributed by atoms with Crippen molar-refractivity contribution in [3.05, 3.63) is 107 Å². The maximum absolute atomic E-state index is 2.37. The van der Waals surface area contributed by atoms with E-state index in [0.717, 1.165) is 0 Å². The molecule has 0 heterocycles. The van der Waals surface area contributed by atoms with Crippen LogP contribution in [0.2, 0.25) is 0 Å². The van der Waals surface area contributed by atoms with Crippen LogP contribution in [0.5, 0.6) is 0 Å². The molecule has 0 heteroatoms. The summed E-state index contributed by atoms with van der Waals surface area (Å²) in [5.41, 5.74) is 12.0. The summed E-state index contributed by atoms with van der Waals surface area (Å²) in [5.74, 6) is 0. The van der Waals surface area contributed by atoms with Gasteiger partial charge in [0.2, 0.25) is 0 Å². The fraction of sp³-hybridized carbons (Fsp3) is 0.111. The van der Waals surface area contributed by atoms with Gasteiger partial charge in [-0.1, -0.05) is 78.4 Å². The van der Waals surface area contributed by atoms with Crippen molar-refractivity contribution in [2.45, 2.75) is 20.8 Å². The quantitative estimate of drug-likeness (QED) is 0.354. The average Bonchev–Trinajstić information content (AvgIpc) is 2.97. The Hall–Kier alpha value is -3.12. The SMILES string of the molecule is CC1=C(c2cc(-c3cccc(C)c3)ccc2C)c2cccc3cccc1c23. The third-order valence-corrected chi connectivity index (χ3v) is 5.81. The largest absolute Gasteiger partial charge is 0.0614 e. The van der Waals surface area contributed by atoms with Crippen LogP contribution in [0.1, 0.15) is 34.7 Å². The lowest BCUT2D eigenvalue weighted by Gasteiger charge is -2.14. The van der Waals surface area contributed by atoms with Crippen LogP contribution >= 0.6 is 0 Å². The average molecular weight is 346 g/mol. The second kappa shape index (κ2) is 5.96. The Bertz CT molecular complexity index is 1230. The molecule has 0 nitrogen and oxygen atoms in total. The number of hydrogen-bond donors (Lipinski definition) is 0. The molecule has 0 unspecified atom stereocenters. The van der Waals surface area contributed by atoms with Gasteiger partial charge in [-0.05, 0) is 82.1 Å². The summed E-state index contributed by atoms with van der Waals surface area (Å²) in [5, 5.41) is 2.72. The number of rotatable bonds is 2. The smallest absolute Gasteiger partial charge is 0.00296 e. The number of benzene rings is 4. The first-order chi connectivity index (χ1) is 13.1. The topological polar surface area (TPSA) is 0 Å². The van der Waals surface area contributed by atoms with Gasteiger partial charge in [-0.3, -0.25) is 0 Å². The molecule has 5 rings (SSSR count). The molecule has 27 heavy (non-hydrogen) atoms. The van der Waals surface area contributed by atoms with Crippen LogP contribution in [-0.4, -0.2) is 0 Å². The minimum atomic E-state index is 1.28. The number of hydrogen-bond acceptors (Lipinski definition) is 0. The van der Waals surface area contributed by atoms with E-state index in [1.807, 2.05) is 0 Å². The van der Waals surface area contributed by atoms with Gasteiger partial charge in [0.25, 0.3) is 0 Å². The predicted molar refractivity (Wildman–Crippen MR) is 117 cm³/mol. The Kier molecular flexibility index (Phi) is 3.55. The van der Waals surface area contributed by atoms with Gasteiger partial charge in [-0.2, -0.15) is 0 Å². The first-order valence-corrected chi connectivity index (χ1v) is 9.55. The summed E-state index contributed by atoms with van der Waals surface area (Å²) in [4.78, 5) is 0. The molecule has 4 aromatic carbocycles. The summed E-state index contributed by atoms with van der Waals surface area (Å²) in [6, 6.07) is 28.9. The van der Waals surface area contributed by atoms with Crippen molar-refractivity contribution in [3.8, 4) is 11.1 Å². The lowest BCUT2D eigenvalue weighted by molar-refractivity contribution is 1.41. The number of allylic oxidation sites excluding steroid dienone is 1. The third-order valence-electron chi connectivity index (χ3n) is 5.81. The first kappa shape index (κ1) is 16.1. The van der Waals surface area contributed by atoms with Crippen LogP contribution in [0.3, 0.4) is 0 Å². The molecular weight excluding hydrogens is 324 g/mol. The van der Waals surface area contributed by atoms with Crippen molar-refractivity contribution >= 4 is 21.9 Å². The Labute approximate surface area is 160 Å². The van der Waals surface area contributed by atoms with Crippen molar-refractivity contribution in [2.24, 2.45) is 0 Å². The zero-order valence-corrected chi connectivity index (χ0v) is 16.0. The zero-order chi connectivity index (χ0) is 18.5. The Morgan fingerprint density at radius 3 is 2.04 bits per heavy atom. The molecule has 0 amide bonds. The lowest BCUT2D eigenvalue weighted by atomic mass is 9.90. The van der Waals surface area contributed by atoms with Gasteiger partial charge in [0.05, 0.1) is 0 Å². The summed E-state index contributed by atoms with van der Waals surface area (Å²) < 4.78 is 0. The van der Waals surface area contributed by atoms with Crippen LogP contribution in [0.4, 0.5) is 0 Å². The highest BCUT2D eigenvalue weighted by Gasteiger charge is 2.23. The summed E-state index contributed by atoms with van der Waals surface area (Å²) in [6.45, 7) is 6.64. The molecule has 0 aromatic heterocycles. The summed E-state index contributed by atoms with van der Waals surface area (Å²) in [7, 11) is 0. The van der Waals surface area contributed by atoms with E-state index in [1.54, 1.807) is 0 Å². The van der Waals surface area contributed by atoms with Crippen LogP contribution in [0, 0.1) is 13.8 Å². The molecule has 4 aromatic rings. The maximum Gasteiger partial charge on any atom is -0.00296 e. The van der Waals surface area contributed by atoms with Crippen molar-refractivity contribution < 1.29 is 0 Å². The monoisotopic (exact) mass is 346 g/mol. The highest BCUT2D eigenvalue weighted by atomic mass is 14.3. The fourth-order valence-electron chi connectivity index (χ4n) is 4.44. The normalized spacial score (nSPS) is 12.9. The standard InChI is InChI=1S/C27H22/c1-17-7-4-10-21(15-17)22-14-13-18(2)25(16-22)26-19(3)23-11-5-8-20-9-6-12-24(26)27(20)23/h4-16H,1-3H3. The van der Waals surface area contributed by atoms with Crippen LogP contribution in [0.25, 0.3) is 33.0 Å². The van der Waals surface area contributed by atoms with E-state index >= 15 is 0 Å². The molecular formula is C27H22. The van der Waals surface area contributed by atoms with E-state index in [9.17, 15) is 0 Å². The molecule has 0 radical (unpaired) electrons. The molecule has 0 fully saturated rings. The second-order valence-electron chi connectivity index (χ2n) is 7.61. The van der Waals surface area contributed by atoms with Gasteiger partial charge in [-0.15, -0.1) is 0 Å². The van der Waals surface area contributed by atoms with Crippen LogP contribution in [0.15, 0.2) is 78.9 Å². The molecule has 0 atom stereocenters. The molecule has 0 saturated carbocycles. The Balaban J connectivity index is 1.76. The molecule has 0 spiro atoms. The first-order valence-electron chi connectivity index (χ1n) is 9.55. The molecule has 0 aliphatic heterocycles. The van der Waals surface area contributed by atoms with E-state index in [4.69, 9.17) is 0 Å². The molecule has 130 valence electrons. The highest BCUT2D eigenvalue weighted by molar-refractivity contribution is 6.17. The summed E-state index contributed by atoms with van der Waals surface area (Å²) in [6.07, 6.45) is 0. The van der Waals surface area contributed by atoms with E-state index in [2.05, 4.69) is 99.6 Å². The minimum Gasteiger partial charge on any atom is -0.0614 e. The molecule has 0 saturated heterocycles. The zero-order valence-electron chi connectivity index (χ0n) is 16.0. The van der Waals surface area contributed by atoms with E-state index in [0.29, 0.717) is 0 Å². The maximum atomic E-state index is 2.37. The Morgan fingerprint density at radius 1 is 0.556 bits per heavy atom. The van der Waals surface area contributed by atoms with Crippen LogP contribution in [-0.2, 0) is 0 Å². The van der Waals surface area contributed by atoms with Crippen molar-refractivity contribution in [1.82, 2.24) is 0 Å².